The number of rotatable bonds is 5. The van der Waals surface area contributed by atoms with Gasteiger partial charge in [-0.15, -0.1) is 0 Å². The number of nitrogens with zero attached hydrogens (tertiary/aromatic N) is 1. The highest BCUT2D eigenvalue weighted by atomic mass is 16.2. The van der Waals surface area contributed by atoms with Crippen LogP contribution in [0, 0.1) is 5.92 Å². The summed E-state index contributed by atoms with van der Waals surface area (Å²) < 4.78 is 0. The number of piperidine rings is 1. The summed E-state index contributed by atoms with van der Waals surface area (Å²) in [5.74, 6) is -0.405. The summed E-state index contributed by atoms with van der Waals surface area (Å²) >= 11 is 0. The quantitative estimate of drug-likeness (QED) is 0.822. The van der Waals surface area contributed by atoms with E-state index < -0.39 is 0 Å². The molecular weight excluding hydrogens is 366 g/mol. The molecule has 1 heterocycles. The molecule has 29 heavy (non-hydrogen) atoms. The van der Waals surface area contributed by atoms with Crippen LogP contribution < -0.4 is 10.6 Å². The highest BCUT2D eigenvalue weighted by molar-refractivity contribution is 6.05. The third kappa shape index (κ3) is 4.83. The first kappa shape index (κ1) is 19.2. The topological polar surface area (TPSA) is 78.5 Å². The number of carbonyl (C=O) groups excluding carboxylic acids is 3. The Morgan fingerprint density at radius 2 is 1.66 bits per heavy atom. The first-order chi connectivity index (χ1) is 14.1. The Kier molecular flexibility index (Phi) is 5.60. The van der Waals surface area contributed by atoms with E-state index in [-0.39, 0.29) is 23.6 Å². The summed E-state index contributed by atoms with van der Waals surface area (Å²) in [4.78, 5) is 39.5. The molecule has 150 valence electrons. The molecule has 0 radical (unpaired) electrons. The fourth-order valence-electron chi connectivity index (χ4n) is 3.63. The van der Waals surface area contributed by atoms with Gasteiger partial charge in [0.25, 0.3) is 11.8 Å². The Labute approximate surface area is 170 Å². The second-order valence-electron chi connectivity index (χ2n) is 7.77. The Morgan fingerprint density at radius 1 is 0.897 bits per heavy atom. The average Bonchev–Trinajstić information content (AvgIpc) is 3.58. The number of anilines is 1. The molecule has 6 heteroatoms. The van der Waals surface area contributed by atoms with Gasteiger partial charge in [-0.25, -0.2) is 0 Å². The van der Waals surface area contributed by atoms with Crippen molar-refractivity contribution in [2.45, 2.75) is 31.7 Å². The van der Waals surface area contributed by atoms with Crippen molar-refractivity contribution < 1.29 is 14.4 Å². The highest BCUT2D eigenvalue weighted by Gasteiger charge is 2.32. The normalized spacial score (nSPS) is 18.8. The Morgan fingerprint density at radius 3 is 2.41 bits per heavy atom. The third-order valence-electron chi connectivity index (χ3n) is 5.41. The molecule has 2 aromatic rings. The van der Waals surface area contributed by atoms with Crippen LogP contribution in [0.5, 0.6) is 0 Å². The van der Waals surface area contributed by atoms with Gasteiger partial charge in [0.15, 0.2) is 0 Å². The number of amides is 3. The molecule has 1 atom stereocenters. The minimum absolute atomic E-state index is 0.0638. The Balaban J connectivity index is 1.41. The summed E-state index contributed by atoms with van der Waals surface area (Å²) in [5.41, 5.74) is 1.65. The van der Waals surface area contributed by atoms with Crippen molar-refractivity contribution >= 4 is 23.4 Å². The molecular formula is C23H25N3O3. The van der Waals surface area contributed by atoms with Crippen molar-refractivity contribution in [3.05, 3.63) is 65.7 Å². The summed E-state index contributed by atoms with van der Waals surface area (Å²) in [6.45, 7) is 1.09. The van der Waals surface area contributed by atoms with Crippen LogP contribution in [-0.4, -0.2) is 41.8 Å². The van der Waals surface area contributed by atoms with E-state index in [4.69, 9.17) is 0 Å². The zero-order valence-corrected chi connectivity index (χ0v) is 16.3. The molecule has 1 aliphatic carbocycles. The van der Waals surface area contributed by atoms with E-state index in [1.807, 2.05) is 6.07 Å². The third-order valence-corrected chi connectivity index (χ3v) is 5.41. The largest absolute Gasteiger partial charge is 0.353 e. The maximum absolute atomic E-state index is 13.0. The van der Waals surface area contributed by atoms with Gasteiger partial charge in [-0.1, -0.05) is 24.3 Å². The first-order valence-electron chi connectivity index (χ1n) is 10.2. The smallest absolute Gasteiger partial charge is 0.255 e. The molecule has 6 nitrogen and oxygen atoms in total. The molecule has 2 aromatic carbocycles. The van der Waals surface area contributed by atoms with Crippen molar-refractivity contribution in [3.63, 3.8) is 0 Å². The van der Waals surface area contributed by atoms with Crippen LogP contribution in [0.25, 0.3) is 0 Å². The van der Waals surface area contributed by atoms with Crippen LogP contribution in [0.15, 0.2) is 54.6 Å². The average molecular weight is 391 g/mol. The van der Waals surface area contributed by atoms with Crippen LogP contribution in [-0.2, 0) is 4.79 Å². The van der Waals surface area contributed by atoms with E-state index in [2.05, 4.69) is 10.6 Å². The number of hydrogen-bond acceptors (Lipinski definition) is 3. The Bertz CT molecular complexity index is 909. The number of nitrogens with one attached hydrogen (secondary N) is 2. The molecule has 2 fully saturated rings. The van der Waals surface area contributed by atoms with Gasteiger partial charge in [0.2, 0.25) is 5.91 Å². The monoisotopic (exact) mass is 391 g/mol. The molecule has 0 bridgehead atoms. The van der Waals surface area contributed by atoms with Gasteiger partial charge in [0.05, 0.1) is 5.92 Å². The van der Waals surface area contributed by atoms with Crippen LogP contribution in [0.2, 0.25) is 0 Å². The van der Waals surface area contributed by atoms with Gasteiger partial charge >= 0.3 is 0 Å². The maximum Gasteiger partial charge on any atom is 0.255 e. The second-order valence-corrected chi connectivity index (χ2v) is 7.77. The van der Waals surface area contributed by atoms with Crippen LogP contribution >= 0.6 is 0 Å². The van der Waals surface area contributed by atoms with E-state index >= 15 is 0 Å². The van der Waals surface area contributed by atoms with Crippen molar-refractivity contribution in [1.29, 1.82) is 0 Å². The van der Waals surface area contributed by atoms with Crippen LogP contribution in [0.3, 0.4) is 0 Å². The molecule has 0 aromatic heterocycles. The predicted molar refractivity (Wildman–Crippen MR) is 111 cm³/mol. The number of benzene rings is 2. The minimum atomic E-state index is -0.218. The van der Waals surface area contributed by atoms with E-state index in [9.17, 15) is 14.4 Å². The lowest BCUT2D eigenvalue weighted by Crippen LogP contribution is -2.45. The fraction of sp³-hybridized carbons (Fsp3) is 0.348. The molecule has 2 aliphatic rings. The maximum atomic E-state index is 13.0. The molecule has 1 saturated carbocycles. The molecule has 2 N–H and O–H groups in total. The van der Waals surface area contributed by atoms with E-state index in [1.54, 1.807) is 53.4 Å². The van der Waals surface area contributed by atoms with Crippen molar-refractivity contribution in [1.82, 2.24) is 10.2 Å². The Hall–Kier alpha value is -3.15. The minimum Gasteiger partial charge on any atom is -0.353 e. The van der Waals surface area contributed by atoms with E-state index in [0.29, 0.717) is 35.9 Å². The zero-order chi connectivity index (χ0) is 20.2. The molecule has 1 unspecified atom stereocenters. The van der Waals surface area contributed by atoms with Crippen molar-refractivity contribution in [2.24, 2.45) is 5.92 Å². The molecule has 4 rings (SSSR count). The van der Waals surface area contributed by atoms with Gasteiger partial charge in [-0.2, -0.15) is 0 Å². The van der Waals surface area contributed by atoms with Crippen molar-refractivity contribution in [3.8, 4) is 0 Å². The van der Waals surface area contributed by atoms with E-state index in [0.717, 1.165) is 25.7 Å². The molecule has 0 spiro atoms. The van der Waals surface area contributed by atoms with Gasteiger partial charge in [0, 0.05) is 35.9 Å². The number of hydrogen-bond donors (Lipinski definition) is 2. The van der Waals surface area contributed by atoms with Crippen LogP contribution in [0.4, 0.5) is 5.69 Å². The first-order valence-corrected chi connectivity index (χ1v) is 10.2. The summed E-state index contributed by atoms with van der Waals surface area (Å²) in [5, 5.41) is 5.88. The zero-order valence-electron chi connectivity index (χ0n) is 16.3. The van der Waals surface area contributed by atoms with Gasteiger partial charge < -0.3 is 15.5 Å². The van der Waals surface area contributed by atoms with Crippen molar-refractivity contribution in [2.75, 3.05) is 18.4 Å². The lowest BCUT2D eigenvalue weighted by Gasteiger charge is -2.32. The SMILES string of the molecule is O=C(Nc1cccc(C(=O)N2CCCC(C(=O)NC3CC3)C2)c1)c1ccccc1. The van der Waals surface area contributed by atoms with E-state index in [1.165, 1.54) is 0 Å². The molecule has 1 saturated heterocycles. The second kappa shape index (κ2) is 8.47. The summed E-state index contributed by atoms with van der Waals surface area (Å²) in [6, 6.07) is 16.2. The summed E-state index contributed by atoms with van der Waals surface area (Å²) in [6.07, 6.45) is 3.75. The lowest BCUT2D eigenvalue weighted by molar-refractivity contribution is -0.126. The molecule has 3 amide bonds. The molecule has 1 aliphatic heterocycles. The van der Waals surface area contributed by atoms with Gasteiger partial charge in [0.1, 0.15) is 0 Å². The summed E-state index contributed by atoms with van der Waals surface area (Å²) in [7, 11) is 0. The number of carbonyl (C=O) groups is 3. The standard InChI is InChI=1S/C23H25N3O3/c27-21(16-6-2-1-3-7-16)25-20-10-4-8-17(14-20)23(29)26-13-5-9-18(15-26)22(28)24-19-11-12-19/h1-4,6-8,10,14,18-19H,5,9,11-13,15H2,(H,24,28)(H,25,27). The number of likely N-dealkylation sites (tertiary alicyclic amines) is 1. The van der Waals surface area contributed by atoms with Crippen LogP contribution in [0.1, 0.15) is 46.4 Å². The fourth-order valence-corrected chi connectivity index (χ4v) is 3.63. The van der Waals surface area contributed by atoms with Gasteiger partial charge in [-0.3, -0.25) is 14.4 Å². The van der Waals surface area contributed by atoms with Gasteiger partial charge in [-0.05, 0) is 56.0 Å². The highest BCUT2D eigenvalue weighted by Crippen LogP contribution is 2.23. The predicted octanol–water partition coefficient (Wildman–Crippen LogP) is 3.07. The lowest BCUT2D eigenvalue weighted by atomic mass is 9.96.